The number of rotatable bonds is 8. The second-order valence-electron chi connectivity index (χ2n) is 9.64. The lowest BCUT2D eigenvalue weighted by atomic mass is 10.0. The third-order valence-electron chi connectivity index (χ3n) is 6.52. The van der Waals surface area contributed by atoms with Gasteiger partial charge in [0.1, 0.15) is 29.6 Å². The Morgan fingerprint density at radius 3 is 2.30 bits per heavy atom. The summed E-state index contributed by atoms with van der Waals surface area (Å²) < 4.78 is 53.8. The van der Waals surface area contributed by atoms with Crippen LogP contribution in [0.5, 0.6) is 11.5 Å². The van der Waals surface area contributed by atoms with Crippen molar-refractivity contribution in [2.24, 2.45) is 0 Å². The lowest BCUT2D eigenvalue weighted by molar-refractivity contribution is -0.274. The smallest absolute Gasteiger partial charge is 0.489 e. The van der Waals surface area contributed by atoms with Crippen LogP contribution in [0.4, 0.5) is 13.2 Å². The van der Waals surface area contributed by atoms with Crippen molar-refractivity contribution in [1.82, 2.24) is 5.16 Å². The zero-order valence-corrected chi connectivity index (χ0v) is 21.9. The Bertz CT molecular complexity index is 1480. The van der Waals surface area contributed by atoms with E-state index in [0.717, 1.165) is 12.8 Å². The molecule has 3 aromatic carbocycles. The molecule has 4 aromatic rings. The van der Waals surface area contributed by atoms with Gasteiger partial charge in [-0.3, -0.25) is 0 Å². The molecule has 0 spiro atoms. The maximum atomic E-state index is 12.8. The summed E-state index contributed by atoms with van der Waals surface area (Å²) in [6, 6.07) is 19.9. The van der Waals surface area contributed by atoms with Crippen LogP contribution in [0.15, 0.2) is 77.3 Å². The fourth-order valence-corrected chi connectivity index (χ4v) is 4.42. The molecule has 6 nitrogen and oxygen atoms in total. The molecule has 0 amide bonds. The molecule has 1 N–H and O–H groups in total. The fourth-order valence-electron chi connectivity index (χ4n) is 4.24. The van der Waals surface area contributed by atoms with Gasteiger partial charge in [-0.05, 0) is 79.6 Å². The van der Waals surface area contributed by atoms with Gasteiger partial charge in [-0.2, -0.15) is 0 Å². The van der Waals surface area contributed by atoms with Crippen molar-refractivity contribution in [2.75, 3.05) is 0 Å². The summed E-state index contributed by atoms with van der Waals surface area (Å²) in [6.07, 6.45) is -0.408. The van der Waals surface area contributed by atoms with Crippen LogP contribution in [0.2, 0.25) is 5.02 Å². The molecule has 10 heteroatoms. The molecule has 0 bridgehead atoms. The van der Waals surface area contributed by atoms with E-state index in [1.807, 2.05) is 12.1 Å². The quantitative estimate of drug-likeness (QED) is 0.228. The Balaban J connectivity index is 0.000000223. The zero-order valence-electron chi connectivity index (χ0n) is 21.2. The summed E-state index contributed by atoms with van der Waals surface area (Å²) in [6.45, 7) is 0.0887. The number of carboxylic acid groups (broad SMARTS) is 1. The first-order valence-electron chi connectivity index (χ1n) is 12.7. The lowest BCUT2D eigenvalue weighted by Gasteiger charge is -2.13. The van der Waals surface area contributed by atoms with Gasteiger partial charge < -0.3 is 19.1 Å². The van der Waals surface area contributed by atoms with Crippen molar-refractivity contribution in [3.63, 3.8) is 0 Å². The molecular formula is C30H25ClF3NO5. The largest absolute Gasteiger partial charge is 0.573 e. The molecular weight excluding hydrogens is 547 g/mol. The number of nitrogens with zero attached hydrogens (tertiary/aromatic N) is 1. The molecule has 2 aliphatic carbocycles. The van der Waals surface area contributed by atoms with Crippen LogP contribution in [-0.4, -0.2) is 22.6 Å². The average Bonchev–Trinajstić information content (AvgIpc) is 3.85. The molecule has 2 aliphatic rings. The number of aromatic nitrogens is 1. The molecule has 6 rings (SSSR count). The average molecular weight is 572 g/mol. The Morgan fingerprint density at radius 1 is 0.975 bits per heavy atom. The van der Waals surface area contributed by atoms with Gasteiger partial charge in [0.25, 0.3) is 0 Å². The predicted molar refractivity (Wildman–Crippen MR) is 142 cm³/mol. The summed E-state index contributed by atoms with van der Waals surface area (Å²) in [5, 5.41) is 13.2. The number of carbonyl (C=O) groups is 1. The van der Waals surface area contributed by atoms with Crippen molar-refractivity contribution in [2.45, 2.75) is 50.5 Å². The molecule has 0 saturated heterocycles. The molecule has 40 heavy (non-hydrogen) atoms. The number of para-hydroxylation sites is 1. The highest BCUT2D eigenvalue weighted by Crippen LogP contribution is 2.45. The van der Waals surface area contributed by atoms with Crippen LogP contribution >= 0.6 is 11.6 Å². The minimum absolute atomic E-state index is 0.0887. The highest BCUT2D eigenvalue weighted by atomic mass is 35.5. The van der Waals surface area contributed by atoms with E-state index in [0.29, 0.717) is 33.6 Å². The van der Waals surface area contributed by atoms with Gasteiger partial charge >= 0.3 is 12.3 Å². The standard InChI is InChI=1S/C20H15ClF3NO3.C10H10O2/c21-13-4-3-5-14(10-13)26-11-16-18(25-28-19(16)12-8-9-12)15-6-1-2-7-17(15)27-20(22,23)24;11-10(12)9-5-3-8(4-6-9)7-1-2-7/h1-7,10,12H,8-9,11H2;3-7H,1-2H2,(H,11,12). The fraction of sp³-hybridized carbons (Fsp3) is 0.267. The summed E-state index contributed by atoms with van der Waals surface area (Å²) in [4.78, 5) is 10.5. The van der Waals surface area contributed by atoms with Gasteiger partial charge in [-0.1, -0.05) is 47.1 Å². The maximum Gasteiger partial charge on any atom is 0.573 e. The Kier molecular flexibility index (Phi) is 8.02. The van der Waals surface area contributed by atoms with Crippen molar-refractivity contribution in [1.29, 1.82) is 0 Å². The third kappa shape index (κ3) is 7.15. The lowest BCUT2D eigenvalue weighted by Crippen LogP contribution is -2.17. The van der Waals surface area contributed by atoms with E-state index < -0.39 is 12.3 Å². The second-order valence-corrected chi connectivity index (χ2v) is 10.1. The highest BCUT2D eigenvalue weighted by molar-refractivity contribution is 6.30. The Hall–Kier alpha value is -3.98. The Labute approximate surface area is 233 Å². The first-order valence-corrected chi connectivity index (χ1v) is 13.1. The molecule has 0 aliphatic heterocycles. The number of hydrogen-bond acceptors (Lipinski definition) is 5. The van der Waals surface area contributed by atoms with E-state index in [1.165, 1.54) is 36.6 Å². The van der Waals surface area contributed by atoms with Crippen LogP contribution in [0.25, 0.3) is 11.3 Å². The first-order chi connectivity index (χ1) is 19.2. The summed E-state index contributed by atoms with van der Waals surface area (Å²) in [5.74, 6) is 0.898. The number of ether oxygens (including phenoxy) is 2. The number of halogens is 4. The molecule has 2 fully saturated rings. The minimum Gasteiger partial charge on any atom is -0.489 e. The van der Waals surface area contributed by atoms with E-state index in [2.05, 4.69) is 9.89 Å². The SMILES string of the molecule is FC(F)(F)Oc1ccccc1-c1noc(C2CC2)c1COc1cccc(Cl)c1.O=C(O)c1ccc(C2CC2)cc1. The molecule has 208 valence electrons. The van der Waals surface area contributed by atoms with Gasteiger partial charge in [0.2, 0.25) is 0 Å². The third-order valence-corrected chi connectivity index (χ3v) is 6.76. The maximum absolute atomic E-state index is 12.8. The molecule has 2 saturated carbocycles. The van der Waals surface area contributed by atoms with E-state index >= 15 is 0 Å². The number of aromatic carboxylic acids is 1. The van der Waals surface area contributed by atoms with E-state index in [1.54, 1.807) is 42.5 Å². The molecule has 1 heterocycles. The zero-order chi connectivity index (χ0) is 28.3. The van der Waals surface area contributed by atoms with Crippen molar-refractivity contribution in [3.05, 3.63) is 100 Å². The van der Waals surface area contributed by atoms with Crippen LogP contribution in [0.1, 0.15) is 64.8 Å². The van der Waals surface area contributed by atoms with Crippen LogP contribution < -0.4 is 9.47 Å². The van der Waals surface area contributed by atoms with E-state index in [4.69, 9.17) is 26.0 Å². The Morgan fingerprint density at radius 2 is 1.68 bits per heavy atom. The summed E-state index contributed by atoms with van der Waals surface area (Å²) in [7, 11) is 0. The number of hydrogen-bond donors (Lipinski definition) is 1. The van der Waals surface area contributed by atoms with Gasteiger partial charge in [-0.25, -0.2) is 4.79 Å². The van der Waals surface area contributed by atoms with Gasteiger partial charge in [0.05, 0.1) is 11.1 Å². The van der Waals surface area contributed by atoms with Gasteiger partial charge in [0, 0.05) is 16.5 Å². The highest BCUT2D eigenvalue weighted by Gasteiger charge is 2.35. The van der Waals surface area contributed by atoms with Gasteiger partial charge in [-0.15, -0.1) is 13.2 Å². The van der Waals surface area contributed by atoms with Crippen molar-refractivity contribution < 1.29 is 37.1 Å². The molecule has 1 aromatic heterocycles. The molecule has 0 atom stereocenters. The molecule has 0 radical (unpaired) electrons. The van der Waals surface area contributed by atoms with Crippen LogP contribution in [-0.2, 0) is 6.61 Å². The predicted octanol–water partition coefficient (Wildman–Crippen LogP) is 8.61. The monoisotopic (exact) mass is 571 g/mol. The van der Waals surface area contributed by atoms with E-state index in [-0.39, 0.29) is 29.5 Å². The normalized spacial score (nSPS) is 14.7. The summed E-state index contributed by atoms with van der Waals surface area (Å²) in [5.41, 5.74) is 2.74. The number of carboxylic acids is 1. The molecule has 0 unspecified atom stereocenters. The second kappa shape index (κ2) is 11.6. The first kappa shape index (κ1) is 27.6. The summed E-state index contributed by atoms with van der Waals surface area (Å²) >= 11 is 5.97. The van der Waals surface area contributed by atoms with Gasteiger partial charge in [0.15, 0.2) is 0 Å². The van der Waals surface area contributed by atoms with E-state index in [9.17, 15) is 18.0 Å². The number of benzene rings is 3. The number of alkyl halides is 3. The van der Waals surface area contributed by atoms with Crippen LogP contribution in [0.3, 0.4) is 0 Å². The van der Waals surface area contributed by atoms with Crippen LogP contribution in [0, 0.1) is 0 Å². The topological polar surface area (TPSA) is 81.8 Å². The van der Waals surface area contributed by atoms with Crippen molar-refractivity contribution >= 4 is 17.6 Å². The minimum atomic E-state index is -4.81. The van der Waals surface area contributed by atoms with Crippen molar-refractivity contribution in [3.8, 4) is 22.8 Å².